The van der Waals surface area contributed by atoms with E-state index in [0.29, 0.717) is 6.54 Å². The van der Waals surface area contributed by atoms with E-state index in [0.717, 1.165) is 35.8 Å². The summed E-state index contributed by atoms with van der Waals surface area (Å²) in [5.41, 5.74) is 8.88. The summed E-state index contributed by atoms with van der Waals surface area (Å²) in [6.07, 6.45) is 4.64. The van der Waals surface area contributed by atoms with Gasteiger partial charge in [0, 0.05) is 25.9 Å². The number of aromatic nitrogens is 3. The molecule has 21 heavy (non-hydrogen) atoms. The molecule has 0 aliphatic heterocycles. The van der Waals surface area contributed by atoms with Gasteiger partial charge in [-0.2, -0.15) is 0 Å². The fourth-order valence-corrected chi connectivity index (χ4v) is 2.52. The first-order valence-electron chi connectivity index (χ1n) is 7.06. The molecule has 0 saturated heterocycles. The van der Waals surface area contributed by atoms with Gasteiger partial charge in [-0.3, -0.25) is 4.98 Å². The molecule has 0 spiro atoms. The molecule has 0 aliphatic carbocycles. The summed E-state index contributed by atoms with van der Waals surface area (Å²) in [5, 5.41) is 0. The van der Waals surface area contributed by atoms with E-state index in [1.807, 2.05) is 55.8 Å². The molecule has 0 amide bonds. The van der Waals surface area contributed by atoms with Crippen molar-refractivity contribution in [3.05, 3.63) is 60.2 Å². The number of hydrogen-bond donors (Lipinski definition) is 1. The predicted molar refractivity (Wildman–Crippen MR) is 84.3 cm³/mol. The van der Waals surface area contributed by atoms with E-state index in [9.17, 15) is 0 Å². The summed E-state index contributed by atoms with van der Waals surface area (Å²) in [5.74, 6) is 0.970. The number of nitrogens with two attached hydrogens (primary N) is 1. The lowest BCUT2D eigenvalue weighted by molar-refractivity contribution is 0.840. The van der Waals surface area contributed by atoms with Crippen molar-refractivity contribution < 1.29 is 0 Å². The van der Waals surface area contributed by atoms with Gasteiger partial charge in [-0.05, 0) is 30.8 Å². The van der Waals surface area contributed by atoms with Crippen molar-refractivity contribution in [1.82, 2.24) is 14.4 Å². The lowest BCUT2D eigenvalue weighted by atomic mass is 10.2. The molecule has 3 aromatic heterocycles. The normalized spacial score (nSPS) is 11.0. The van der Waals surface area contributed by atoms with Crippen LogP contribution >= 0.6 is 0 Å². The Morgan fingerprint density at radius 3 is 2.81 bits per heavy atom. The van der Waals surface area contributed by atoms with Gasteiger partial charge in [0.2, 0.25) is 0 Å². The zero-order valence-corrected chi connectivity index (χ0v) is 12.1. The Morgan fingerprint density at radius 2 is 2.05 bits per heavy atom. The summed E-state index contributed by atoms with van der Waals surface area (Å²) in [6, 6.07) is 12.0. The summed E-state index contributed by atoms with van der Waals surface area (Å²) in [7, 11) is 2.04. The highest BCUT2D eigenvalue weighted by molar-refractivity contribution is 5.55. The average molecular weight is 281 g/mol. The molecule has 0 saturated carbocycles. The monoisotopic (exact) mass is 281 g/mol. The molecule has 5 nitrogen and oxygen atoms in total. The van der Waals surface area contributed by atoms with E-state index in [2.05, 4.69) is 14.3 Å². The molecular weight excluding hydrogens is 262 g/mol. The van der Waals surface area contributed by atoms with Crippen LogP contribution in [0.2, 0.25) is 0 Å². The van der Waals surface area contributed by atoms with Crippen LogP contribution in [0.15, 0.2) is 48.8 Å². The molecule has 5 heteroatoms. The third-order valence-electron chi connectivity index (χ3n) is 3.48. The second kappa shape index (κ2) is 5.93. The third kappa shape index (κ3) is 2.73. The topological polar surface area (TPSA) is 59.5 Å². The van der Waals surface area contributed by atoms with Gasteiger partial charge in [-0.25, -0.2) is 4.98 Å². The second-order valence-electron chi connectivity index (χ2n) is 5.03. The van der Waals surface area contributed by atoms with Crippen LogP contribution in [0.25, 0.3) is 5.65 Å². The number of nitrogens with zero attached hydrogens (tertiary/aromatic N) is 4. The Morgan fingerprint density at radius 1 is 1.19 bits per heavy atom. The van der Waals surface area contributed by atoms with Crippen LogP contribution in [0.1, 0.15) is 11.4 Å². The fourth-order valence-electron chi connectivity index (χ4n) is 2.52. The molecule has 0 bridgehead atoms. The Bertz CT molecular complexity index is 720. The van der Waals surface area contributed by atoms with E-state index in [4.69, 9.17) is 10.7 Å². The van der Waals surface area contributed by atoms with Crippen molar-refractivity contribution in [3.63, 3.8) is 0 Å². The summed E-state index contributed by atoms with van der Waals surface area (Å²) in [6.45, 7) is 1.33. The number of hydrogen-bond acceptors (Lipinski definition) is 4. The van der Waals surface area contributed by atoms with Crippen LogP contribution in [-0.4, -0.2) is 28.0 Å². The zero-order valence-electron chi connectivity index (χ0n) is 12.1. The van der Waals surface area contributed by atoms with Gasteiger partial charge >= 0.3 is 0 Å². The minimum Gasteiger partial charge on any atom is -0.352 e. The van der Waals surface area contributed by atoms with Crippen molar-refractivity contribution >= 4 is 11.5 Å². The summed E-state index contributed by atoms with van der Waals surface area (Å²) in [4.78, 5) is 11.2. The minimum absolute atomic E-state index is 0.604. The van der Waals surface area contributed by atoms with Crippen molar-refractivity contribution in [2.75, 3.05) is 18.5 Å². The molecule has 0 atom stereocenters. The first-order valence-corrected chi connectivity index (χ1v) is 7.06. The minimum atomic E-state index is 0.604. The average Bonchev–Trinajstić information content (AvgIpc) is 2.88. The highest BCUT2D eigenvalue weighted by Crippen LogP contribution is 2.22. The molecule has 0 fully saturated rings. The van der Waals surface area contributed by atoms with Gasteiger partial charge in [0.25, 0.3) is 0 Å². The van der Waals surface area contributed by atoms with Gasteiger partial charge in [0.15, 0.2) is 5.82 Å². The van der Waals surface area contributed by atoms with Crippen molar-refractivity contribution in [1.29, 1.82) is 0 Å². The van der Waals surface area contributed by atoms with Crippen molar-refractivity contribution in [2.24, 2.45) is 5.73 Å². The Labute approximate surface area is 124 Å². The summed E-state index contributed by atoms with van der Waals surface area (Å²) >= 11 is 0. The molecule has 3 rings (SSSR count). The van der Waals surface area contributed by atoms with E-state index in [1.165, 1.54) is 0 Å². The number of imidazole rings is 1. The molecule has 0 aromatic carbocycles. The van der Waals surface area contributed by atoms with E-state index >= 15 is 0 Å². The van der Waals surface area contributed by atoms with E-state index in [1.54, 1.807) is 0 Å². The van der Waals surface area contributed by atoms with Gasteiger partial charge in [0.05, 0.1) is 17.9 Å². The molecule has 3 aromatic rings. The van der Waals surface area contributed by atoms with Gasteiger partial charge in [-0.1, -0.05) is 12.1 Å². The number of rotatable bonds is 5. The van der Waals surface area contributed by atoms with Gasteiger partial charge in [0.1, 0.15) is 5.65 Å². The first kappa shape index (κ1) is 13.6. The number of pyridine rings is 2. The highest BCUT2D eigenvalue weighted by atomic mass is 15.2. The predicted octanol–water partition coefficient (Wildman–Crippen LogP) is 1.87. The maximum Gasteiger partial charge on any atom is 0.151 e. The zero-order chi connectivity index (χ0) is 14.7. The molecule has 0 radical (unpaired) electrons. The molecule has 0 unspecified atom stereocenters. The smallest absolute Gasteiger partial charge is 0.151 e. The Kier molecular flexibility index (Phi) is 3.83. The lowest BCUT2D eigenvalue weighted by Crippen LogP contribution is -2.20. The fraction of sp³-hybridized carbons (Fsp3) is 0.250. The Balaban J connectivity index is 1.96. The largest absolute Gasteiger partial charge is 0.352 e. The standard InChI is InChI=1S/C16H19N5/c1-20(12-13-6-2-4-10-18-13)16-14(8-9-17)21-11-5-3-7-15(21)19-16/h2-7,10-11H,8-9,12,17H2,1H3. The lowest BCUT2D eigenvalue weighted by Gasteiger charge is -2.17. The third-order valence-corrected chi connectivity index (χ3v) is 3.48. The van der Waals surface area contributed by atoms with Crippen LogP contribution in [0.5, 0.6) is 0 Å². The van der Waals surface area contributed by atoms with E-state index < -0.39 is 0 Å². The number of anilines is 1. The maximum absolute atomic E-state index is 5.76. The maximum atomic E-state index is 5.76. The van der Waals surface area contributed by atoms with Crippen LogP contribution in [-0.2, 0) is 13.0 Å². The van der Waals surface area contributed by atoms with Crippen LogP contribution in [0, 0.1) is 0 Å². The molecule has 2 N–H and O–H groups in total. The highest BCUT2D eigenvalue weighted by Gasteiger charge is 2.15. The molecule has 0 aliphatic rings. The Hall–Kier alpha value is -2.40. The number of fused-ring (bicyclic) bond motifs is 1. The van der Waals surface area contributed by atoms with Crippen molar-refractivity contribution in [2.45, 2.75) is 13.0 Å². The molecule has 3 heterocycles. The van der Waals surface area contributed by atoms with Crippen LogP contribution < -0.4 is 10.6 Å². The summed E-state index contributed by atoms with van der Waals surface area (Å²) < 4.78 is 2.11. The van der Waals surface area contributed by atoms with Crippen LogP contribution in [0.4, 0.5) is 5.82 Å². The molecular formula is C16H19N5. The second-order valence-corrected chi connectivity index (χ2v) is 5.03. The van der Waals surface area contributed by atoms with E-state index in [-0.39, 0.29) is 0 Å². The van der Waals surface area contributed by atoms with Gasteiger partial charge < -0.3 is 15.0 Å². The van der Waals surface area contributed by atoms with Crippen molar-refractivity contribution in [3.8, 4) is 0 Å². The van der Waals surface area contributed by atoms with Gasteiger partial charge in [-0.15, -0.1) is 0 Å². The molecule has 108 valence electrons. The van der Waals surface area contributed by atoms with Crippen LogP contribution in [0.3, 0.4) is 0 Å². The first-order chi connectivity index (χ1) is 10.3. The SMILES string of the molecule is CN(Cc1ccccn1)c1nc2ccccn2c1CCN. The quantitative estimate of drug-likeness (QED) is 0.775.